The molecule has 1 N–H and O–H groups in total. The highest BCUT2D eigenvalue weighted by Gasteiger charge is 2.16. The zero-order valence-corrected chi connectivity index (χ0v) is 17.0. The Morgan fingerprint density at radius 3 is 2.52 bits per heavy atom. The van der Waals surface area contributed by atoms with Gasteiger partial charge in [0.15, 0.2) is 0 Å². The lowest BCUT2D eigenvalue weighted by Crippen LogP contribution is -2.33. The molecule has 0 saturated heterocycles. The molecule has 7 nitrogen and oxygen atoms in total. The van der Waals surface area contributed by atoms with Crippen LogP contribution in [0.5, 0.6) is 0 Å². The molecule has 1 aromatic carbocycles. The molecule has 0 aliphatic rings. The monoisotopic (exact) mass is 393 g/mol. The molecule has 0 atom stereocenters. The van der Waals surface area contributed by atoms with E-state index in [1.807, 2.05) is 47.6 Å². The van der Waals surface area contributed by atoms with Crippen molar-refractivity contribution in [1.29, 1.82) is 0 Å². The molecule has 2 amide bonds. The average Bonchev–Trinajstić information content (AvgIpc) is 3.10. The summed E-state index contributed by atoms with van der Waals surface area (Å²) in [6.07, 6.45) is 4.62. The molecule has 152 valence electrons. The molecule has 0 unspecified atom stereocenters. The number of carbonyl (C=O) groups is 2. The first-order valence-electron chi connectivity index (χ1n) is 10.0. The van der Waals surface area contributed by atoms with E-state index in [1.165, 1.54) is 0 Å². The third-order valence-electron chi connectivity index (χ3n) is 4.95. The van der Waals surface area contributed by atoms with Crippen molar-refractivity contribution in [2.45, 2.75) is 33.2 Å². The molecular formula is C22H27N5O2. The van der Waals surface area contributed by atoms with E-state index in [4.69, 9.17) is 4.98 Å². The van der Waals surface area contributed by atoms with Crippen molar-refractivity contribution in [3.8, 4) is 0 Å². The van der Waals surface area contributed by atoms with Crippen molar-refractivity contribution in [1.82, 2.24) is 24.8 Å². The summed E-state index contributed by atoms with van der Waals surface area (Å²) in [7, 11) is 0. The van der Waals surface area contributed by atoms with Crippen molar-refractivity contribution >= 4 is 22.8 Å². The van der Waals surface area contributed by atoms with Gasteiger partial charge < -0.3 is 14.8 Å². The first-order valence-corrected chi connectivity index (χ1v) is 10.0. The molecule has 0 spiro atoms. The zero-order valence-electron chi connectivity index (χ0n) is 17.0. The summed E-state index contributed by atoms with van der Waals surface area (Å²) in [4.78, 5) is 35.3. The van der Waals surface area contributed by atoms with Gasteiger partial charge in [0.1, 0.15) is 12.4 Å². The number of fused-ring (bicyclic) bond motifs is 1. The SMILES string of the molecule is CCN(CC)C(=O)Cn1c(CCCNC(=O)c2ccncc2)nc2ccccc21. The summed E-state index contributed by atoms with van der Waals surface area (Å²) < 4.78 is 2.00. The Balaban J connectivity index is 1.67. The molecule has 2 heterocycles. The minimum absolute atomic E-state index is 0.0883. The number of pyridine rings is 1. The van der Waals surface area contributed by atoms with E-state index in [0.717, 1.165) is 23.3 Å². The summed E-state index contributed by atoms with van der Waals surface area (Å²) in [6.45, 7) is 6.17. The van der Waals surface area contributed by atoms with Crippen molar-refractivity contribution in [2.75, 3.05) is 19.6 Å². The van der Waals surface area contributed by atoms with Gasteiger partial charge in [0.25, 0.3) is 5.91 Å². The van der Waals surface area contributed by atoms with Crippen LogP contribution in [0.3, 0.4) is 0 Å². The number of nitrogens with one attached hydrogen (secondary N) is 1. The Labute approximate surface area is 170 Å². The Morgan fingerprint density at radius 1 is 1.07 bits per heavy atom. The number of imidazole rings is 1. The average molecular weight is 393 g/mol. The van der Waals surface area contributed by atoms with Crippen LogP contribution >= 0.6 is 0 Å². The smallest absolute Gasteiger partial charge is 0.251 e. The number of rotatable bonds is 9. The number of amides is 2. The number of aromatic nitrogens is 3. The predicted octanol–water partition coefficient (Wildman–Crippen LogP) is 2.66. The standard InChI is InChI=1S/C22H27N5O2/c1-3-26(4-2)21(28)16-27-19-9-6-5-8-18(19)25-20(27)10-7-13-24-22(29)17-11-14-23-15-12-17/h5-6,8-9,11-12,14-15H,3-4,7,10,13,16H2,1-2H3,(H,24,29). The van der Waals surface area contributed by atoms with Crippen LogP contribution in [-0.2, 0) is 17.8 Å². The third-order valence-corrected chi connectivity index (χ3v) is 4.95. The number of aryl methyl sites for hydroxylation is 1. The van der Waals surface area contributed by atoms with Gasteiger partial charge in [-0.3, -0.25) is 14.6 Å². The number of carbonyl (C=O) groups excluding carboxylic acids is 2. The van der Waals surface area contributed by atoms with Crippen molar-refractivity contribution in [2.24, 2.45) is 0 Å². The second kappa shape index (κ2) is 9.82. The van der Waals surface area contributed by atoms with Crippen LogP contribution in [0.4, 0.5) is 0 Å². The van der Waals surface area contributed by atoms with Crippen molar-refractivity contribution in [3.05, 3.63) is 60.2 Å². The Morgan fingerprint density at radius 2 is 1.79 bits per heavy atom. The fraction of sp³-hybridized carbons (Fsp3) is 0.364. The number of nitrogens with zero attached hydrogens (tertiary/aromatic N) is 4. The largest absolute Gasteiger partial charge is 0.352 e. The molecular weight excluding hydrogens is 366 g/mol. The summed E-state index contributed by atoms with van der Waals surface area (Å²) in [5.74, 6) is 0.841. The van der Waals surface area contributed by atoms with Crippen LogP contribution in [0.25, 0.3) is 11.0 Å². The van der Waals surface area contributed by atoms with Gasteiger partial charge in [0.2, 0.25) is 5.91 Å². The maximum absolute atomic E-state index is 12.7. The number of para-hydroxylation sites is 2. The number of likely N-dealkylation sites (N-methyl/N-ethyl adjacent to an activating group) is 1. The summed E-state index contributed by atoms with van der Waals surface area (Å²) >= 11 is 0. The quantitative estimate of drug-likeness (QED) is 0.567. The van der Waals surface area contributed by atoms with E-state index in [9.17, 15) is 9.59 Å². The molecule has 0 aliphatic heterocycles. The van der Waals surface area contributed by atoms with Crippen LogP contribution in [0.15, 0.2) is 48.8 Å². The summed E-state index contributed by atoms with van der Waals surface area (Å²) in [6, 6.07) is 11.2. The number of benzene rings is 1. The highest BCUT2D eigenvalue weighted by atomic mass is 16.2. The van der Waals surface area contributed by atoms with E-state index in [2.05, 4.69) is 10.3 Å². The number of hydrogen-bond donors (Lipinski definition) is 1. The molecule has 0 radical (unpaired) electrons. The molecule has 0 fully saturated rings. The highest BCUT2D eigenvalue weighted by Crippen LogP contribution is 2.17. The van der Waals surface area contributed by atoms with Crippen LogP contribution in [0.2, 0.25) is 0 Å². The maximum atomic E-state index is 12.7. The minimum Gasteiger partial charge on any atom is -0.352 e. The molecule has 2 aromatic heterocycles. The first kappa shape index (κ1) is 20.5. The van der Waals surface area contributed by atoms with Gasteiger partial charge >= 0.3 is 0 Å². The Bertz CT molecular complexity index is 964. The lowest BCUT2D eigenvalue weighted by molar-refractivity contribution is -0.131. The van der Waals surface area contributed by atoms with E-state index in [0.29, 0.717) is 31.6 Å². The van der Waals surface area contributed by atoms with Gasteiger partial charge in [-0.15, -0.1) is 0 Å². The van der Waals surface area contributed by atoms with E-state index >= 15 is 0 Å². The van der Waals surface area contributed by atoms with E-state index in [-0.39, 0.29) is 18.4 Å². The first-order chi connectivity index (χ1) is 14.1. The van der Waals surface area contributed by atoms with Gasteiger partial charge in [-0.05, 0) is 44.5 Å². The molecule has 0 bridgehead atoms. The van der Waals surface area contributed by atoms with Crippen LogP contribution in [-0.4, -0.2) is 50.9 Å². The Hall–Kier alpha value is -3.22. The fourth-order valence-electron chi connectivity index (χ4n) is 3.36. The van der Waals surface area contributed by atoms with Gasteiger partial charge in [-0.2, -0.15) is 0 Å². The second-order valence-electron chi connectivity index (χ2n) is 6.76. The Kier molecular flexibility index (Phi) is 6.94. The zero-order chi connectivity index (χ0) is 20.6. The lowest BCUT2D eigenvalue weighted by atomic mass is 10.2. The second-order valence-corrected chi connectivity index (χ2v) is 6.76. The molecule has 3 aromatic rings. The summed E-state index contributed by atoms with van der Waals surface area (Å²) in [5.41, 5.74) is 2.44. The lowest BCUT2D eigenvalue weighted by Gasteiger charge is -2.20. The molecule has 0 aliphatic carbocycles. The van der Waals surface area contributed by atoms with Crippen molar-refractivity contribution in [3.63, 3.8) is 0 Å². The predicted molar refractivity (Wildman–Crippen MR) is 113 cm³/mol. The van der Waals surface area contributed by atoms with Crippen LogP contribution in [0.1, 0.15) is 36.5 Å². The molecule has 29 heavy (non-hydrogen) atoms. The molecule has 0 saturated carbocycles. The van der Waals surface area contributed by atoms with Crippen molar-refractivity contribution < 1.29 is 9.59 Å². The minimum atomic E-state index is -0.113. The topological polar surface area (TPSA) is 80.1 Å². The number of hydrogen-bond acceptors (Lipinski definition) is 4. The van der Waals surface area contributed by atoms with Crippen LogP contribution < -0.4 is 5.32 Å². The molecule has 7 heteroatoms. The van der Waals surface area contributed by atoms with E-state index < -0.39 is 0 Å². The van der Waals surface area contributed by atoms with Gasteiger partial charge in [0, 0.05) is 44.0 Å². The summed E-state index contributed by atoms with van der Waals surface area (Å²) in [5, 5.41) is 2.92. The normalized spacial score (nSPS) is 10.8. The van der Waals surface area contributed by atoms with E-state index in [1.54, 1.807) is 24.5 Å². The highest BCUT2D eigenvalue weighted by molar-refractivity contribution is 5.93. The van der Waals surface area contributed by atoms with Gasteiger partial charge in [-0.25, -0.2) is 4.98 Å². The maximum Gasteiger partial charge on any atom is 0.251 e. The fourth-order valence-corrected chi connectivity index (χ4v) is 3.36. The van der Waals surface area contributed by atoms with Crippen LogP contribution in [0, 0.1) is 0 Å². The van der Waals surface area contributed by atoms with Gasteiger partial charge in [-0.1, -0.05) is 12.1 Å². The van der Waals surface area contributed by atoms with Gasteiger partial charge in [0.05, 0.1) is 11.0 Å². The third kappa shape index (κ3) is 4.99. The molecule has 3 rings (SSSR count).